The molecule has 0 atom stereocenters. The molecule has 0 bridgehead atoms. The topological polar surface area (TPSA) is 106 Å². The Balaban J connectivity index is 1.36. The summed E-state index contributed by atoms with van der Waals surface area (Å²) in [5, 5.41) is 23.6. The van der Waals surface area contributed by atoms with E-state index in [0.29, 0.717) is 22.4 Å². The summed E-state index contributed by atoms with van der Waals surface area (Å²) in [5.41, 5.74) is 4.71. The van der Waals surface area contributed by atoms with Crippen molar-refractivity contribution in [3.05, 3.63) is 81.9 Å². The van der Waals surface area contributed by atoms with Crippen molar-refractivity contribution in [2.24, 2.45) is 0 Å². The van der Waals surface area contributed by atoms with Gasteiger partial charge in [0, 0.05) is 30.4 Å². The minimum Gasteiger partial charge on any atom is -0.366 e. The third kappa shape index (κ3) is 4.70. The fourth-order valence-electron chi connectivity index (χ4n) is 4.39. The zero-order valence-corrected chi connectivity index (χ0v) is 19.5. The third-order valence-electron chi connectivity index (χ3n) is 6.34. The van der Waals surface area contributed by atoms with E-state index in [-0.39, 0.29) is 11.3 Å². The number of piperidine rings is 1. The van der Waals surface area contributed by atoms with Gasteiger partial charge in [-0.05, 0) is 73.7 Å². The van der Waals surface area contributed by atoms with Crippen molar-refractivity contribution in [3.8, 4) is 5.69 Å². The van der Waals surface area contributed by atoms with Gasteiger partial charge in [-0.3, -0.25) is 14.9 Å². The number of fused-ring (bicyclic) bond motifs is 1. The van der Waals surface area contributed by atoms with Gasteiger partial charge in [-0.15, -0.1) is 10.2 Å². The largest absolute Gasteiger partial charge is 0.366 e. The molecular formula is C26H26N6O3. The van der Waals surface area contributed by atoms with Crippen molar-refractivity contribution in [1.82, 2.24) is 15.0 Å². The Hall–Kier alpha value is -4.27. The number of benzene rings is 3. The second kappa shape index (κ2) is 9.54. The van der Waals surface area contributed by atoms with Gasteiger partial charge in [-0.25, -0.2) is 0 Å². The molecule has 0 radical (unpaired) electrons. The Bertz CT molecular complexity index is 1390. The van der Waals surface area contributed by atoms with Crippen LogP contribution < -0.4 is 10.2 Å². The van der Waals surface area contributed by atoms with Gasteiger partial charge in [-0.1, -0.05) is 19.1 Å². The van der Waals surface area contributed by atoms with Gasteiger partial charge in [-0.2, -0.15) is 4.80 Å². The molecule has 0 spiro atoms. The first kappa shape index (κ1) is 22.5. The van der Waals surface area contributed by atoms with Crippen LogP contribution >= 0.6 is 0 Å². The maximum Gasteiger partial charge on any atom is 0.293 e. The SMILES string of the molecule is CCc1ccc(-n2nc3ccc(NC(=O)c4ccc(N5CCCCC5)c([N+](=O)[O-])c4)cc3n2)cc1. The Morgan fingerprint density at radius 2 is 1.71 bits per heavy atom. The van der Waals surface area contributed by atoms with E-state index in [1.165, 1.54) is 11.6 Å². The number of hydrogen-bond donors (Lipinski definition) is 1. The third-order valence-corrected chi connectivity index (χ3v) is 6.34. The first-order chi connectivity index (χ1) is 17.0. The number of nitro benzene ring substituents is 1. The second-order valence-electron chi connectivity index (χ2n) is 8.68. The summed E-state index contributed by atoms with van der Waals surface area (Å²) in [6.45, 7) is 3.68. The summed E-state index contributed by atoms with van der Waals surface area (Å²) >= 11 is 0. The van der Waals surface area contributed by atoms with Crippen LogP contribution in [0.2, 0.25) is 0 Å². The summed E-state index contributed by atoms with van der Waals surface area (Å²) < 4.78 is 0. The normalized spacial score (nSPS) is 13.7. The Morgan fingerprint density at radius 1 is 0.971 bits per heavy atom. The van der Waals surface area contributed by atoms with Crippen LogP contribution in [0, 0.1) is 10.1 Å². The predicted octanol–water partition coefficient (Wildman–Crippen LogP) is 5.13. The van der Waals surface area contributed by atoms with Crippen LogP contribution in [-0.2, 0) is 6.42 Å². The van der Waals surface area contributed by atoms with Crippen LogP contribution in [0.3, 0.4) is 0 Å². The summed E-state index contributed by atoms with van der Waals surface area (Å²) in [6, 6.07) is 18.0. The van der Waals surface area contributed by atoms with Gasteiger partial charge in [0.25, 0.3) is 11.6 Å². The van der Waals surface area contributed by atoms with Gasteiger partial charge in [0.1, 0.15) is 16.7 Å². The molecule has 1 amide bonds. The number of carbonyl (C=O) groups excluding carboxylic acids is 1. The predicted molar refractivity (Wildman–Crippen MR) is 135 cm³/mol. The van der Waals surface area contributed by atoms with E-state index in [1.807, 2.05) is 29.2 Å². The molecule has 1 saturated heterocycles. The van der Waals surface area contributed by atoms with Crippen LogP contribution in [0.15, 0.2) is 60.7 Å². The lowest BCUT2D eigenvalue weighted by Gasteiger charge is -2.28. The molecule has 0 aliphatic carbocycles. The lowest BCUT2D eigenvalue weighted by Crippen LogP contribution is -2.30. The van der Waals surface area contributed by atoms with Crippen molar-refractivity contribution in [3.63, 3.8) is 0 Å². The first-order valence-corrected chi connectivity index (χ1v) is 11.8. The number of nitrogens with zero attached hydrogens (tertiary/aromatic N) is 5. The highest BCUT2D eigenvalue weighted by Gasteiger charge is 2.23. The molecule has 1 N–H and O–H groups in total. The molecule has 35 heavy (non-hydrogen) atoms. The standard InChI is InChI=1S/C26H26N6O3/c1-2-18-6-10-21(11-7-18)31-28-22-12-9-20(17-23(22)29-31)27-26(33)19-8-13-24(25(16-19)32(34)35)30-14-4-3-5-15-30/h6-13,16-17H,2-5,14-15H2,1H3,(H,27,33). The van der Waals surface area contributed by atoms with E-state index in [0.717, 1.165) is 44.5 Å². The highest BCUT2D eigenvalue weighted by molar-refractivity contribution is 6.05. The smallest absolute Gasteiger partial charge is 0.293 e. The highest BCUT2D eigenvalue weighted by Crippen LogP contribution is 2.31. The molecule has 178 valence electrons. The monoisotopic (exact) mass is 470 g/mol. The molecule has 1 fully saturated rings. The van der Waals surface area contributed by atoms with Crippen molar-refractivity contribution in [2.45, 2.75) is 32.6 Å². The molecule has 4 aromatic rings. The molecule has 9 heteroatoms. The molecule has 1 aliphatic heterocycles. The average molecular weight is 471 g/mol. The maximum atomic E-state index is 12.9. The van der Waals surface area contributed by atoms with E-state index in [9.17, 15) is 14.9 Å². The molecule has 1 aliphatic rings. The number of aryl methyl sites for hydroxylation is 1. The second-order valence-corrected chi connectivity index (χ2v) is 8.68. The molecule has 0 unspecified atom stereocenters. The van der Waals surface area contributed by atoms with Gasteiger partial charge in [0.15, 0.2) is 0 Å². The minimum atomic E-state index is -0.419. The number of aromatic nitrogens is 3. The van der Waals surface area contributed by atoms with Crippen LogP contribution in [0.4, 0.5) is 17.1 Å². The lowest BCUT2D eigenvalue weighted by atomic mass is 10.1. The lowest BCUT2D eigenvalue weighted by molar-refractivity contribution is -0.384. The molecular weight excluding hydrogens is 444 g/mol. The zero-order chi connectivity index (χ0) is 24.4. The average Bonchev–Trinajstić information content (AvgIpc) is 3.32. The molecule has 5 rings (SSSR count). The van der Waals surface area contributed by atoms with Crippen LogP contribution in [0.25, 0.3) is 16.7 Å². The van der Waals surface area contributed by atoms with Gasteiger partial charge in [0.2, 0.25) is 0 Å². The Labute approximate surface area is 202 Å². The number of nitro groups is 1. The van der Waals surface area contributed by atoms with Crippen molar-refractivity contribution in [1.29, 1.82) is 0 Å². The van der Waals surface area contributed by atoms with Crippen LogP contribution in [0.1, 0.15) is 42.1 Å². The number of anilines is 2. The number of nitrogens with one attached hydrogen (secondary N) is 1. The van der Waals surface area contributed by atoms with E-state index in [2.05, 4.69) is 22.4 Å². The molecule has 1 aromatic heterocycles. The summed E-state index contributed by atoms with van der Waals surface area (Å²) in [6.07, 6.45) is 4.11. The van der Waals surface area contributed by atoms with Gasteiger partial charge < -0.3 is 10.2 Å². The van der Waals surface area contributed by atoms with Gasteiger partial charge in [0.05, 0.1) is 10.6 Å². The maximum absolute atomic E-state index is 12.9. The number of rotatable bonds is 6. The van der Waals surface area contributed by atoms with E-state index in [1.54, 1.807) is 35.1 Å². The van der Waals surface area contributed by atoms with Crippen molar-refractivity contribution >= 4 is 34.0 Å². The minimum absolute atomic E-state index is 0.0490. The fourth-order valence-corrected chi connectivity index (χ4v) is 4.39. The summed E-state index contributed by atoms with van der Waals surface area (Å²) in [5.74, 6) is -0.416. The Kier molecular flexibility index (Phi) is 6.13. The number of carbonyl (C=O) groups is 1. The Morgan fingerprint density at radius 3 is 2.43 bits per heavy atom. The quantitative estimate of drug-likeness (QED) is 0.309. The van der Waals surface area contributed by atoms with Crippen molar-refractivity contribution < 1.29 is 9.72 Å². The first-order valence-electron chi connectivity index (χ1n) is 11.8. The number of hydrogen-bond acceptors (Lipinski definition) is 6. The summed E-state index contributed by atoms with van der Waals surface area (Å²) in [7, 11) is 0. The fraction of sp³-hybridized carbons (Fsp3) is 0.269. The molecule has 3 aromatic carbocycles. The van der Waals surface area contributed by atoms with Gasteiger partial charge >= 0.3 is 0 Å². The van der Waals surface area contributed by atoms with E-state index >= 15 is 0 Å². The molecule has 2 heterocycles. The zero-order valence-electron chi connectivity index (χ0n) is 19.5. The van der Waals surface area contributed by atoms with Crippen molar-refractivity contribution in [2.75, 3.05) is 23.3 Å². The number of amides is 1. The highest BCUT2D eigenvalue weighted by atomic mass is 16.6. The van der Waals surface area contributed by atoms with Crippen LogP contribution in [0.5, 0.6) is 0 Å². The molecule has 9 nitrogen and oxygen atoms in total. The van der Waals surface area contributed by atoms with Crippen LogP contribution in [-0.4, -0.2) is 38.9 Å². The molecule has 0 saturated carbocycles. The van der Waals surface area contributed by atoms with E-state index in [4.69, 9.17) is 0 Å². The summed E-state index contributed by atoms with van der Waals surface area (Å²) in [4.78, 5) is 27.8. The van der Waals surface area contributed by atoms with E-state index < -0.39 is 10.8 Å².